The molecule has 17 heavy (non-hydrogen) atoms. The van der Waals surface area contributed by atoms with Gasteiger partial charge in [-0.1, -0.05) is 18.2 Å². The van der Waals surface area contributed by atoms with Gasteiger partial charge >= 0.3 is 0 Å². The highest BCUT2D eigenvalue weighted by atomic mass is 16.3. The average Bonchev–Trinajstić information content (AvgIpc) is 2.33. The second kappa shape index (κ2) is 8.26. The third-order valence-electron chi connectivity index (χ3n) is 3.14. The maximum absolute atomic E-state index is 8.79. The quantitative estimate of drug-likeness (QED) is 0.681. The van der Waals surface area contributed by atoms with Crippen molar-refractivity contribution in [3.63, 3.8) is 0 Å². The maximum atomic E-state index is 8.79. The van der Waals surface area contributed by atoms with Crippen molar-refractivity contribution >= 4 is 0 Å². The van der Waals surface area contributed by atoms with Crippen molar-refractivity contribution in [1.82, 2.24) is 0 Å². The molecular weight excluding hydrogens is 212 g/mol. The topological polar surface area (TPSA) is 40.5 Å². The van der Waals surface area contributed by atoms with Gasteiger partial charge < -0.3 is 10.2 Å². The third kappa shape index (κ3) is 5.33. The number of hydrogen-bond donors (Lipinski definition) is 2. The molecule has 0 aliphatic heterocycles. The Morgan fingerprint density at radius 1 is 0.882 bits per heavy atom. The van der Waals surface area contributed by atoms with Gasteiger partial charge in [-0.05, 0) is 62.1 Å². The summed E-state index contributed by atoms with van der Waals surface area (Å²) in [6.07, 6.45) is 5.98. The van der Waals surface area contributed by atoms with Gasteiger partial charge in [0, 0.05) is 13.2 Å². The number of benzene rings is 1. The molecule has 2 N–H and O–H groups in total. The van der Waals surface area contributed by atoms with Gasteiger partial charge in [-0.3, -0.25) is 0 Å². The lowest BCUT2D eigenvalue weighted by Crippen LogP contribution is -1.95. The summed E-state index contributed by atoms with van der Waals surface area (Å²) in [4.78, 5) is 0. The predicted octanol–water partition coefficient (Wildman–Crippen LogP) is 2.63. The van der Waals surface area contributed by atoms with Crippen LogP contribution >= 0.6 is 0 Å². The zero-order valence-corrected chi connectivity index (χ0v) is 10.8. The van der Waals surface area contributed by atoms with Crippen LogP contribution in [0.2, 0.25) is 0 Å². The Labute approximate surface area is 104 Å². The minimum atomic E-state index is 0.287. The van der Waals surface area contributed by atoms with E-state index in [0.29, 0.717) is 0 Å². The lowest BCUT2D eigenvalue weighted by molar-refractivity contribution is 0.284. The fourth-order valence-electron chi connectivity index (χ4n) is 2.02. The molecule has 1 aromatic carbocycles. The SMILES string of the molecule is Cc1ccc(CCCCO)cc1CCCCO. The first-order chi connectivity index (χ1) is 8.27. The minimum Gasteiger partial charge on any atom is -0.396 e. The van der Waals surface area contributed by atoms with Crippen LogP contribution in [-0.2, 0) is 12.8 Å². The van der Waals surface area contributed by atoms with E-state index < -0.39 is 0 Å². The van der Waals surface area contributed by atoms with Crippen LogP contribution in [0.3, 0.4) is 0 Å². The predicted molar refractivity (Wildman–Crippen MR) is 71.2 cm³/mol. The summed E-state index contributed by atoms with van der Waals surface area (Å²) in [7, 11) is 0. The van der Waals surface area contributed by atoms with Crippen LogP contribution in [0.15, 0.2) is 18.2 Å². The van der Waals surface area contributed by atoms with E-state index in [9.17, 15) is 0 Å². The van der Waals surface area contributed by atoms with Gasteiger partial charge in [0.2, 0.25) is 0 Å². The van der Waals surface area contributed by atoms with Crippen molar-refractivity contribution in [3.8, 4) is 0 Å². The highest BCUT2D eigenvalue weighted by Gasteiger charge is 2.01. The van der Waals surface area contributed by atoms with Crippen LogP contribution in [-0.4, -0.2) is 23.4 Å². The van der Waals surface area contributed by atoms with Crippen molar-refractivity contribution in [3.05, 3.63) is 34.9 Å². The zero-order chi connectivity index (χ0) is 12.5. The molecule has 0 saturated carbocycles. The van der Waals surface area contributed by atoms with Crippen LogP contribution in [0.5, 0.6) is 0 Å². The number of aliphatic hydroxyl groups is 2. The van der Waals surface area contributed by atoms with Crippen LogP contribution in [0.25, 0.3) is 0 Å². The molecule has 0 aliphatic rings. The Morgan fingerprint density at radius 2 is 1.53 bits per heavy atom. The minimum absolute atomic E-state index is 0.287. The summed E-state index contributed by atoms with van der Waals surface area (Å²) >= 11 is 0. The van der Waals surface area contributed by atoms with E-state index in [-0.39, 0.29) is 13.2 Å². The molecule has 0 atom stereocenters. The molecule has 0 bridgehead atoms. The number of hydrogen-bond acceptors (Lipinski definition) is 2. The van der Waals surface area contributed by atoms with Crippen molar-refractivity contribution in [2.45, 2.75) is 45.4 Å². The van der Waals surface area contributed by atoms with Crippen LogP contribution < -0.4 is 0 Å². The monoisotopic (exact) mass is 236 g/mol. The number of aliphatic hydroxyl groups excluding tert-OH is 2. The van der Waals surface area contributed by atoms with E-state index in [4.69, 9.17) is 10.2 Å². The van der Waals surface area contributed by atoms with E-state index in [2.05, 4.69) is 25.1 Å². The zero-order valence-electron chi connectivity index (χ0n) is 10.8. The second-order valence-electron chi connectivity index (χ2n) is 4.62. The van der Waals surface area contributed by atoms with Gasteiger partial charge in [0.05, 0.1) is 0 Å². The van der Waals surface area contributed by atoms with E-state index in [1.165, 1.54) is 16.7 Å². The summed E-state index contributed by atoms with van der Waals surface area (Å²) in [6.45, 7) is 2.72. The summed E-state index contributed by atoms with van der Waals surface area (Å²) in [5.74, 6) is 0. The summed E-state index contributed by atoms with van der Waals surface area (Å²) in [5, 5.41) is 17.6. The van der Waals surface area contributed by atoms with Crippen molar-refractivity contribution in [2.75, 3.05) is 13.2 Å². The van der Waals surface area contributed by atoms with Gasteiger partial charge in [0.1, 0.15) is 0 Å². The normalized spacial score (nSPS) is 10.8. The van der Waals surface area contributed by atoms with E-state index in [0.717, 1.165) is 38.5 Å². The summed E-state index contributed by atoms with van der Waals surface area (Å²) in [5.41, 5.74) is 4.11. The van der Waals surface area contributed by atoms with Crippen molar-refractivity contribution < 1.29 is 10.2 Å². The fourth-order valence-corrected chi connectivity index (χ4v) is 2.02. The highest BCUT2D eigenvalue weighted by molar-refractivity contribution is 5.31. The number of aryl methyl sites for hydroxylation is 3. The first kappa shape index (κ1) is 14.2. The van der Waals surface area contributed by atoms with Crippen molar-refractivity contribution in [2.24, 2.45) is 0 Å². The summed E-state index contributed by atoms with van der Waals surface area (Å²) < 4.78 is 0. The molecule has 1 aromatic rings. The number of unbranched alkanes of at least 4 members (excludes halogenated alkanes) is 2. The molecular formula is C15H24O2. The first-order valence-corrected chi connectivity index (χ1v) is 6.58. The Hall–Kier alpha value is -0.860. The molecule has 0 aliphatic carbocycles. The lowest BCUT2D eigenvalue weighted by atomic mass is 9.98. The molecule has 0 heterocycles. The Balaban J connectivity index is 2.53. The molecule has 0 aromatic heterocycles. The lowest BCUT2D eigenvalue weighted by Gasteiger charge is -2.08. The highest BCUT2D eigenvalue weighted by Crippen LogP contribution is 2.15. The van der Waals surface area contributed by atoms with Gasteiger partial charge in [-0.15, -0.1) is 0 Å². The largest absolute Gasteiger partial charge is 0.396 e. The van der Waals surface area contributed by atoms with Gasteiger partial charge in [-0.2, -0.15) is 0 Å². The smallest absolute Gasteiger partial charge is 0.0431 e. The van der Waals surface area contributed by atoms with Gasteiger partial charge in [0.25, 0.3) is 0 Å². The molecule has 0 fully saturated rings. The van der Waals surface area contributed by atoms with Crippen LogP contribution in [0, 0.1) is 6.92 Å². The Morgan fingerprint density at radius 3 is 2.18 bits per heavy atom. The molecule has 0 amide bonds. The molecule has 0 saturated heterocycles. The standard InChI is InChI=1S/C15H24O2/c1-13-8-9-14(6-2-4-10-16)12-15(13)7-3-5-11-17/h8-9,12,16-17H,2-7,10-11H2,1H3. The van der Waals surface area contributed by atoms with Gasteiger partial charge in [-0.25, -0.2) is 0 Å². The van der Waals surface area contributed by atoms with Gasteiger partial charge in [0.15, 0.2) is 0 Å². The third-order valence-corrected chi connectivity index (χ3v) is 3.14. The van der Waals surface area contributed by atoms with Crippen molar-refractivity contribution in [1.29, 1.82) is 0 Å². The maximum Gasteiger partial charge on any atom is 0.0431 e. The molecule has 2 nitrogen and oxygen atoms in total. The molecule has 2 heteroatoms. The molecule has 96 valence electrons. The molecule has 0 spiro atoms. The second-order valence-corrected chi connectivity index (χ2v) is 4.62. The fraction of sp³-hybridized carbons (Fsp3) is 0.600. The van der Waals surface area contributed by atoms with E-state index in [1.807, 2.05) is 0 Å². The van der Waals surface area contributed by atoms with Crippen LogP contribution in [0.4, 0.5) is 0 Å². The molecule has 0 unspecified atom stereocenters. The van der Waals surface area contributed by atoms with E-state index in [1.54, 1.807) is 0 Å². The first-order valence-electron chi connectivity index (χ1n) is 6.58. The molecule has 0 radical (unpaired) electrons. The Bertz CT molecular complexity index is 321. The Kier molecular flexibility index (Phi) is 6.90. The summed E-state index contributed by atoms with van der Waals surface area (Å²) in [6, 6.07) is 6.65. The average molecular weight is 236 g/mol. The molecule has 1 rings (SSSR count). The van der Waals surface area contributed by atoms with Crippen LogP contribution in [0.1, 0.15) is 42.4 Å². The van der Waals surface area contributed by atoms with E-state index >= 15 is 0 Å². The number of rotatable bonds is 8.